The van der Waals surface area contributed by atoms with Gasteiger partial charge in [-0.2, -0.15) is 0 Å². The van der Waals surface area contributed by atoms with E-state index in [1.165, 1.54) is 0 Å². The van der Waals surface area contributed by atoms with Crippen LogP contribution < -0.4 is 0 Å². The van der Waals surface area contributed by atoms with E-state index in [9.17, 15) is 9.59 Å². The minimum atomic E-state index is -1.03. The second-order valence-corrected chi connectivity index (χ2v) is 2.30. The summed E-state index contributed by atoms with van der Waals surface area (Å²) in [7, 11) is 0. The number of rotatable bonds is 3. The maximum absolute atomic E-state index is 9.77. The molecule has 0 saturated carbocycles. The van der Waals surface area contributed by atoms with Crippen molar-refractivity contribution < 1.29 is 19.8 Å². The van der Waals surface area contributed by atoms with Crippen LogP contribution >= 0.6 is 11.8 Å². The Kier molecular flexibility index (Phi) is 3.87. The Balaban J connectivity index is 3.10. The van der Waals surface area contributed by atoms with Gasteiger partial charge in [-0.1, -0.05) is 0 Å². The average Bonchev–Trinajstić information content (AvgIpc) is 1.63. The number of aliphatic carboxylic acids is 1. The molecule has 0 saturated heterocycles. The predicted octanol–water partition coefficient (Wildman–Crippen LogP) is 0.872. The van der Waals surface area contributed by atoms with Gasteiger partial charge in [0.1, 0.15) is 0 Å². The second kappa shape index (κ2) is 4.20. The molecule has 0 spiro atoms. The SMILES string of the molecule is O=C(O)CCSC(=O)O. The number of carboxylic acids is 1. The van der Waals surface area contributed by atoms with Crippen LogP contribution in [0.1, 0.15) is 6.42 Å². The largest absolute Gasteiger partial charge is 0.481 e. The molecule has 9 heavy (non-hydrogen) atoms. The molecule has 4 nitrogen and oxygen atoms in total. The smallest absolute Gasteiger partial charge is 0.364 e. The van der Waals surface area contributed by atoms with Gasteiger partial charge in [0.2, 0.25) is 0 Å². The van der Waals surface area contributed by atoms with Crippen molar-refractivity contribution >= 4 is 23.0 Å². The van der Waals surface area contributed by atoms with Gasteiger partial charge in [0.25, 0.3) is 0 Å². The van der Waals surface area contributed by atoms with Gasteiger partial charge in [-0.15, -0.1) is 0 Å². The first-order valence-electron chi connectivity index (χ1n) is 2.20. The van der Waals surface area contributed by atoms with Crippen LogP contribution in [-0.2, 0) is 4.79 Å². The monoisotopic (exact) mass is 150 g/mol. The highest BCUT2D eigenvalue weighted by molar-refractivity contribution is 8.13. The van der Waals surface area contributed by atoms with Gasteiger partial charge in [0.05, 0.1) is 6.42 Å². The maximum Gasteiger partial charge on any atom is 0.364 e. The number of hydrogen-bond donors (Lipinski definition) is 2. The number of carbonyl (C=O) groups is 2. The first-order chi connectivity index (χ1) is 4.13. The third-order valence-electron chi connectivity index (χ3n) is 0.541. The average molecular weight is 150 g/mol. The molecule has 2 N–H and O–H groups in total. The second-order valence-electron chi connectivity index (χ2n) is 1.26. The molecule has 0 unspecified atom stereocenters. The molecule has 0 aromatic heterocycles. The lowest BCUT2D eigenvalue weighted by atomic mass is 10.5. The molecule has 0 aromatic carbocycles. The summed E-state index contributed by atoms with van der Waals surface area (Å²) < 4.78 is 0. The lowest BCUT2D eigenvalue weighted by Crippen LogP contribution is -1.97. The summed E-state index contributed by atoms with van der Waals surface area (Å²) in [4.78, 5) is 19.5. The zero-order valence-corrected chi connectivity index (χ0v) is 5.35. The van der Waals surface area contributed by atoms with Crippen LogP contribution in [0.3, 0.4) is 0 Å². The lowest BCUT2D eigenvalue weighted by Gasteiger charge is -1.88. The van der Waals surface area contributed by atoms with E-state index >= 15 is 0 Å². The number of hydrogen-bond acceptors (Lipinski definition) is 3. The van der Waals surface area contributed by atoms with Crippen molar-refractivity contribution in [3.05, 3.63) is 0 Å². The lowest BCUT2D eigenvalue weighted by molar-refractivity contribution is -0.136. The molecule has 0 aliphatic rings. The van der Waals surface area contributed by atoms with Crippen LogP contribution in [0, 0.1) is 0 Å². The van der Waals surface area contributed by atoms with Crippen LogP contribution in [0.25, 0.3) is 0 Å². The summed E-state index contributed by atoms with van der Waals surface area (Å²) in [6.07, 6.45) is -0.100. The van der Waals surface area contributed by atoms with Crippen molar-refractivity contribution in [2.24, 2.45) is 0 Å². The van der Waals surface area contributed by atoms with E-state index < -0.39 is 11.3 Å². The molecule has 0 aromatic rings. The van der Waals surface area contributed by atoms with Crippen molar-refractivity contribution in [1.82, 2.24) is 0 Å². The normalized spacial score (nSPS) is 8.89. The standard InChI is InChI=1S/C4H6O4S/c5-3(6)1-2-9-4(7)8/h1-2H2,(H,5,6)(H,7,8). The van der Waals surface area contributed by atoms with Gasteiger partial charge in [-0.05, 0) is 11.8 Å². The van der Waals surface area contributed by atoms with Crippen LogP contribution in [0.2, 0.25) is 0 Å². The Hall–Kier alpha value is -0.710. The summed E-state index contributed by atoms with van der Waals surface area (Å²) in [5.74, 6) is -0.839. The number of carboxylic acid groups (broad SMARTS) is 2. The zero-order chi connectivity index (χ0) is 7.28. The molecule has 0 aliphatic heterocycles. The summed E-state index contributed by atoms with van der Waals surface area (Å²) in [6.45, 7) is 0. The fourth-order valence-electron chi connectivity index (χ4n) is 0.226. The molecule has 0 radical (unpaired) electrons. The summed E-state index contributed by atoms with van der Waals surface area (Å²) in [6, 6.07) is 0. The number of thioether (sulfide) groups is 1. The van der Waals surface area contributed by atoms with E-state index in [0.29, 0.717) is 11.8 Å². The van der Waals surface area contributed by atoms with Crippen molar-refractivity contribution in [2.45, 2.75) is 6.42 Å². The van der Waals surface area contributed by atoms with Crippen molar-refractivity contribution in [2.75, 3.05) is 5.75 Å². The van der Waals surface area contributed by atoms with Crippen LogP contribution in [0.4, 0.5) is 4.79 Å². The predicted molar refractivity (Wildman–Crippen MR) is 32.7 cm³/mol. The fourth-order valence-corrected chi connectivity index (χ4v) is 0.677. The summed E-state index contributed by atoms with van der Waals surface area (Å²) in [5, 5.41) is 15.0. The van der Waals surface area contributed by atoms with E-state index in [1.54, 1.807) is 0 Å². The Bertz CT molecular complexity index is 108. The molecule has 52 valence electrons. The Labute approximate surface area is 55.9 Å². The van der Waals surface area contributed by atoms with Crippen molar-refractivity contribution in [1.29, 1.82) is 0 Å². The van der Waals surface area contributed by atoms with Gasteiger partial charge in [-0.3, -0.25) is 4.79 Å². The quantitative estimate of drug-likeness (QED) is 0.624. The van der Waals surface area contributed by atoms with Crippen molar-refractivity contribution in [3.63, 3.8) is 0 Å². The van der Waals surface area contributed by atoms with Gasteiger partial charge in [0, 0.05) is 5.75 Å². The van der Waals surface area contributed by atoms with Gasteiger partial charge >= 0.3 is 11.3 Å². The van der Waals surface area contributed by atoms with E-state index in [0.717, 1.165) is 0 Å². The molecule has 0 fully saturated rings. The Morgan fingerprint density at radius 1 is 1.33 bits per heavy atom. The van der Waals surface area contributed by atoms with Crippen LogP contribution in [0.15, 0.2) is 0 Å². The van der Waals surface area contributed by atoms with E-state index in [-0.39, 0.29) is 12.2 Å². The summed E-state index contributed by atoms with van der Waals surface area (Å²) in [5.41, 5.74) is 0. The van der Waals surface area contributed by atoms with E-state index in [2.05, 4.69) is 0 Å². The zero-order valence-electron chi connectivity index (χ0n) is 4.53. The van der Waals surface area contributed by atoms with Gasteiger partial charge in [-0.25, -0.2) is 4.79 Å². The minimum absolute atomic E-state index is 0.100. The first-order valence-corrected chi connectivity index (χ1v) is 3.19. The van der Waals surface area contributed by atoms with Gasteiger partial charge in [0.15, 0.2) is 0 Å². The third kappa shape index (κ3) is 7.29. The fraction of sp³-hybridized carbons (Fsp3) is 0.500. The highest BCUT2D eigenvalue weighted by Crippen LogP contribution is 2.01. The maximum atomic E-state index is 9.77. The minimum Gasteiger partial charge on any atom is -0.481 e. The molecule has 0 heterocycles. The first kappa shape index (κ1) is 8.29. The molecule has 5 heteroatoms. The summed E-state index contributed by atoms with van der Waals surface area (Å²) >= 11 is 0.595. The topological polar surface area (TPSA) is 74.6 Å². The van der Waals surface area contributed by atoms with Crippen LogP contribution in [-0.4, -0.2) is 27.2 Å². The molecule has 0 rings (SSSR count). The highest BCUT2D eigenvalue weighted by Gasteiger charge is 2.00. The molecular formula is C4H6O4S. The molecule has 0 amide bonds. The van der Waals surface area contributed by atoms with Gasteiger partial charge < -0.3 is 10.2 Å². The van der Waals surface area contributed by atoms with Crippen LogP contribution in [0.5, 0.6) is 0 Å². The van der Waals surface area contributed by atoms with E-state index in [4.69, 9.17) is 10.2 Å². The molecule has 0 aliphatic carbocycles. The third-order valence-corrected chi connectivity index (χ3v) is 1.20. The Morgan fingerprint density at radius 3 is 2.22 bits per heavy atom. The van der Waals surface area contributed by atoms with Crippen molar-refractivity contribution in [3.8, 4) is 0 Å². The molecule has 0 atom stereocenters. The molecular weight excluding hydrogens is 144 g/mol. The van der Waals surface area contributed by atoms with E-state index in [1.807, 2.05) is 0 Å². The molecule has 0 bridgehead atoms. The highest BCUT2D eigenvalue weighted by atomic mass is 32.2. The Morgan fingerprint density at radius 2 is 1.89 bits per heavy atom.